The van der Waals surface area contributed by atoms with E-state index in [2.05, 4.69) is 56.8 Å². The van der Waals surface area contributed by atoms with Gasteiger partial charge >= 0.3 is 0 Å². The number of rotatable bonds is 5. The van der Waals surface area contributed by atoms with Gasteiger partial charge in [0.2, 0.25) is 5.95 Å². The molecular formula is C21H19N5. The average Bonchev–Trinajstić information content (AvgIpc) is 2.68. The molecule has 0 fully saturated rings. The minimum Gasteiger partial charge on any atom is -0.366 e. The van der Waals surface area contributed by atoms with Gasteiger partial charge in [0, 0.05) is 24.3 Å². The van der Waals surface area contributed by atoms with E-state index in [0.717, 1.165) is 22.4 Å². The van der Waals surface area contributed by atoms with Crippen molar-refractivity contribution >= 4 is 28.4 Å². The van der Waals surface area contributed by atoms with Crippen LogP contribution in [0.25, 0.3) is 10.9 Å². The van der Waals surface area contributed by atoms with Crippen LogP contribution in [0.4, 0.5) is 17.5 Å². The molecule has 0 spiro atoms. The summed E-state index contributed by atoms with van der Waals surface area (Å²) in [6, 6.07) is 20.3. The van der Waals surface area contributed by atoms with Crippen molar-refractivity contribution in [1.29, 1.82) is 0 Å². The van der Waals surface area contributed by atoms with Crippen LogP contribution in [0.2, 0.25) is 0 Å². The first kappa shape index (κ1) is 16.0. The smallest absolute Gasteiger partial charge is 0.229 e. The first-order chi connectivity index (χ1) is 12.8. The van der Waals surface area contributed by atoms with Crippen LogP contribution in [0, 0.1) is 6.92 Å². The van der Waals surface area contributed by atoms with Crippen LogP contribution in [-0.4, -0.2) is 15.0 Å². The molecule has 128 valence electrons. The SMILES string of the molecule is Cc1ccc(CNc2ccnc(Nc3cccc4cccnc34)n2)cc1. The largest absolute Gasteiger partial charge is 0.366 e. The van der Waals surface area contributed by atoms with Gasteiger partial charge in [-0.15, -0.1) is 0 Å². The molecule has 0 amide bonds. The van der Waals surface area contributed by atoms with Crippen LogP contribution in [0.1, 0.15) is 11.1 Å². The lowest BCUT2D eigenvalue weighted by Gasteiger charge is -2.10. The molecule has 0 unspecified atom stereocenters. The second kappa shape index (κ2) is 7.19. The van der Waals surface area contributed by atoms with Crippen LogP contribution in [-0.2, 0) is 6.54 Å². The quantitative estimate of drug-likeness (QED) is 0.551. The summed E-state index contributed by atoms with van der Waals surface area (Å²) in [6.45, 7) is 2.80. The Morgan fingerprint density at radius 3 is 2.58 bits per heavy atom. The Balaban J connectivity index is 1.51. The maximum Gasteiger partial charge on any atom is 0.229 e. The van der Waals surface area contributed by atoms with Crippen molar-refractivity contribution in [3.05, 3.63) is 84.2 Å². The first-order valence-electron chi connectivity index (χ1n) is 8.51. The third-order valence-electron chi connectivity index (χ3n) is 4.13. The van der Waals surface area contributed by atoms with E-state index in [-0.39, 0.29) is 0 Å². The number of hydrogen-bond donors (Lipinski definition) is 2. The number of fused-ring (bicyclic) bond motifs is 1. The van der Waals surface area contributed by atoms with Gasteiger partial charge < -0.3 is 10.6 Å². The van der Waals surface area contributed by atoms with Crippen LogP contribution >= 0.6 is 0 Å². The highest BCUT2D eigenvalue weighted by Gasteiger charge is 2.05. The van der Waals surface area contributed by atoms with E-state index < -0.39 is 0 Å². The maximum atomic E-state index is 4.55. The molecule has 5 nitrogen and oxygen atoms in total. The van der Waals surface area contributed by atoms with Crippen LogP contribution in [0.15, 0.2) is 73.1 Å². The lowest BCUT2D eigenvalue weighted by Crippen LogP contribution is -2.04. The van der Waals surface area contributed by atoms with Gasteiger partial charge in [-0.1, -0.05) is 48.0 Å². The van der Waals surface area contributed by atoms with Gasteiger partial charge in [0.1, 0.15) is 5.82 Å². The van der Waals surface area contributed by atoms with E-state index >= 15 is 0 Å². The van der Waals surface area contributed by atoms with Gasteiger partial charge in [-0.25, -0.2) is 4.98 Å². The highest BCUT2D eigenvalue weighted by atomic mass is 15.1. The molecule has 0 aliphatic carbocycles. The van der Waals surface area contributed by atoms with E-state index in [1.165, 1.54) is 11.1 Å². The second-order valence-electron chi connectivity index (χ2n) is 6.11. The molecule has 2 N–H and O–H groups in total. The molecular weight excluding hydrogens is 322 g/mol. The van der Waals surface area contributed by atoms with Crippen molar-refractivity contribution in [2.45, 2.75) is 13.5 Å². The number of nitrogens with zero attached hydrogens (tertiary/aromatic N) is 3. The van der Waals surface area contributed by atoms with Crippen molar-refractivity contribution in [3.8, 4) is 0 Å². The van der Waals surface area contributed by atoms with Gasteiger partial charge in [0.15, 0.2) is 0 Å². The van der Waals surface area contributed by atoms with E-state index in [4.69, 9.17) is 0 Å². The Kier molecular flexibility index (Phi) is 4.43. The molecule has 0 saturated carbocycles. The number of anilines is 3. The molecule has 0 bridgehead atoms. The fraction of sp³-hybridized carbons (Fsp3) is 0.0952. The Hall–Kier alpha value is -3.47. The van der Waals surface area contributed by atoms with Gasteiger partial charge in [-0.3, -0.25) is 4.98 Å². The summed E-state index contributed by atoms with van der Waals surface area (Å²) in [5.74, 6) is 1.31. The third-order valence-corrected chi connectivity index (χ3v) is 4.13. The molecule has 0 radical (unpaired) electrons. The van der Waals surface area contributed by atoms with Crippen molar-refractivity contribution in [2.75, 3.05) is 10.6 Å². The summed E-state index contributed by atoms with van der Waals surface area (Å²) < 4.78 is 0. The van der Waals surface area contributed by atoms with Gasteiger partial charge in [0.05, 0.1) is 11.2 Å². The third kappa shape index (κ3) is 3.62. The van der Waals surface area contributed by atoms with Crippen molar-refractivity contribution in [3.63, 3.8) is 0 Å². The maximum absolute atomic E-state index is 4.55. The van der Waals surface area contributed by atoms with E-state index in [0.29, 0.717) is 12.5 Å². The lowest BCUT2D eigenvalue weighted by molar-refractivity contribution is 1.08. The van der Waals surface area contributed by atoms with E-state index in [1.807, 2.05) is 36.4 Å². The van der Waals surface area contributed by atoms with E-state index in [9.17, 15) is 0 Å². The average molecular weight is 341 g/mol. The van der Waals surface area contributed by atoms with Crippen LogP contribution in [0.5, 0.6) is 0 Å². The molecule has 4 aromatic rings. The van der Waals surface area contributed by atoms with Crippen molar-refractivity contribution < 1.29 is 0 Å². The number of pyridine rings is 1. The normalized spacial score (nSPS) is 10.7. The summed E-state index contributed by atoms with van der Waals surface area (Å²) in [5, 5.41) is 7.68. The molecule has 26 heavy (non-hydrogen) atoms. The monoisotopic (exact) mass is 341 g/mol. The molecule has 0 aliphatic rings. The Bertz CT molecular complexity index is 1020. The molecule has 5 heteroatoms. The number of nitrogens with one attached hydrogen (secondary N) is 2. The lowest BCUT2D eigenvalue weighted by atomic mass is 10.1. The van der Waals surface area contributed by atoms with Crippen LogP contribution in [0.3, 0.4) is 0 Å². The Labute approximate surface area is 152 Å². The zero-order chi connectivity index (χ0) is 17.8. The highest BCUT2D eigenvalue weighted by molar-refractivity contribution is 5.91. The minimum absolute atomic E-state index is 0.539. The molecule has 0 aliphatic heterocycles. The number of aryl methyl sites for hydroxylation is 1. The van der Waals surface area contributed by atoms with Crippen molar-refractivity contribution in [2.24, 2.45) is 0 Å². The van der Waals surface area contributed by atoms with Crippen molar-refractivity contribution in [1.82, 2.24) is 15.0 Å². The van der Waals surface area contributed by atoms with Gasteiger partial charge in [-0.2, -0.15) is 4.98 Å². The highest BCUT2D eigenvalue weighted by Crippen LogP contribution is 2.23. The Morgan fingerprint density at radius 1 is 0.846 bits per heavy atom. The standard InChI is InChI=1S/C21H19N5/c1-15-7-9-16(10-8-15)14-24-19-11-13-23-21(26-19)25-18-6-2-4-17-5-3-12-22-20(17)18/h2-13H,14H2,1H3,(H2,23,24,25,26). The predicted molar refractivity (Wildman–Crippen MR) is 106 cm³/mol. The molecule has 2 aromatic carbocycles. The summed E-state index contributed by atoms with van der Waals surface area (Å²) in [7, 11) is 0. The molecule has 2 heterocycles. The molecule has 2 aromatic heterocycles. The number of para-hydroxylation sites is 1. The topological polar surface area (TPSA) is 62.7 Å². The summed E-state index contributed by atoms with van der Waals surface area (Å²) in [4.78, 5) is 13.3. The molecule has 4 rings (SSSR count). The van der Waals surface area contributed by atoms with E-state index in [1.54, 1.807) is 12.4 Å². The number of hydrogen-bond acceptors (Lipinski definition) is 5. The molecule has 0 saturated heterocycles. The van der Waals surface area contributed by atoms with Gasteiger partial charge in [0.25, 0.3) is 0 Å². The summed E-state index contributed by atoms with van der Waals surface area (Å²) in [5.41, 5.74) is 4.25. The fourth-order valence-electron chi connectivity index (χ4n) is 2.74. The Morgan fingerprint density at radius 2 is 1.69 bits per heavy atom. The number of benzene rings is 2. The predicted octanol–water partition coefficient (Wildman–Crippen LogP) is 4.69. The van der Waals surface area contributed by atoms with Gasteiger partial charge in [-0.05, 0) is 30.7 Å². The summed E-state index contributed by atoms with van der Waals surface area (Å²) >= 11 is 0. The zero-order valence-electron chi connectivity index (χ0n) is 14.5. The molecule has 0 atom stereocenters. The first-order valence-corrected chi connectivity index (χ1v) is 8.51. The van der Waals surface area contributed by atoms with Crippen LogP contribution < -0.4 is 10.6 Å². The number of aromatic nitrogens is 3. The zero-order valence-corrected chi connectivity index (χ0v) is 14.5. The fourth-order valence-corrected chi connectivity index (χ4v) is 2.74. The second-order valence-corrected chi connectivity index (χ2v) is 6.11. The minimum atomic E-state index is 0.539. The summed E-state index contributed by atoms with van der Waals surface area (Å²) in [6.07, 6.45) is 3.53.